The Morgan fingerprint density at radius 1 is 1.08 bits per heavy atom. The van der Waals surface area contributed by atoms with Crippen LogP contribution in [0, 0.1) is 0 Å². The van der Waals surface area contributed by atoms with Crippen LogP contribution >= 0.6 is 34.5 Å². The van der Waals surface area contributed by atoms with Crippen LogP contribution in [0.4, 0.5) is 0 Å². The first-order valence-corrected chi connectivity index (χ1v) is 4.93. The maximum absolute atomic E-state index is 5.79. The van der Waals surface area contributed by atoms with E-state index in [1.807, 2.05) is 24.3 Å². The van der Waals surface area contributed by atoms with Gasteiger partial charge >= 0.3 is 0 Å². The molecule has 0 saturated carbocycles. The van der Waals surface area contributed by atoms with Crippen molar-refractivity contribution < 1.29 is 0 Å². The highest BCUT2D eigenvalue weighted by Crippen LogP contribution is 2.30. The number of aromatic amines is 1. The zero-order chi connectivity index (χ0) is 8.55. The second-order valence-corrected chi connectivity index (χ2v) is 4.45. The van der Waals surface area contributed by atoms with E-state index in [1.165, 1.54) is 11.3 Å². The lowest BCUT2D eigenvalue weighted by molar-refractivity contribution is 1.42. The lowest BCUT2D eigenvalue weighted by Gasteiger charge is -1.88. The molecule has 0 aromatic carbocycles. The van der Waals surface area contributed by atoms with Crippen molar-refractivity contribution in [2.24, 2.45) is 0 Å². The maximum atomic E-state index is 5.79. The molecule has 0 unspecified atom stereocenters. The monoisotopic (exact) mass is 217 g/mol. The van der Waals surface area contributed by atoms with Crippen molar-refractivity contribution >= 4 is 34.5 Å². The fraction of sp³-hybridized carbons (Fsp3) is 0. The van der Waals surface area contributed by atoms with Gasteiger partial charge in [0.15, 0.2) is 0 Å². The molecule has 0 amide bonds. The summed E-state index contributed by atoms with van der Waals surface area (Å²) in [5, 5.41) is 0.648. The van der Waals surface area contributed by atoms with Crippen LogP contribution in [0.5, 0.6) is 0 Å². The minimum Gasteiger partial charge on any atom is -0.345 e. The van der Waals surface area contributed by atoms with Crippen LogP contribution < -0.4 is 0 Å². The summed E-state index contributed by atoms with van der Waals surface area (Å²) in [6.07, 6.45) is 0. The van der Waals surface area contributed by atoms with Gasteiger partial charge in [-0.05, 0) is 24.3 Å². The van der Waals surface area contributed by atoms with Crippen LogP contribution in [0.15, 0.2) is 24.3 Å². The van der Waals surface area contributed by atoms with E-state index < -0.39 is 0 Å². The van der Waals surface area contributed by atoms with Gasteiger partial charge in [-0.2, -0.15) is 0 Å². The number of hydrogen-bond acceptors (Lipinski definition) is 1. The SMILES string of the molecule is Clc1ccc(-c2ccc(Cl)s2)[nH]1. The minimum atomic E-state index is 0.648. The fourth-order valence-corrected chi connectivity index (χ4v) is 2.16. The summed E-state index contributed by atoms with van der Waals surface area (Å²) < 4.78 is 0.788. The molecule has 2 aromatic rings. The number of thiophene rings is 1. The molecule has 0 aliphatic heterocycles. The quantitative estimate of drug-likeness (QED) is 0.743. The molecule has 62 valence electrons. The number of rotatable bonds is 1. The molecular formula is C8H5Cl2NS. The Morgan fingerprint density at radius 3 is 2.42 bits per heavy atom. The van der Waals surface area contributed by atoms with Crippen LogP contribution in [-0.2, 0) is 0 Å². The van der Waals surface area contributed by atoms with Gasteiger partial charge in [0.05, 0.1) is 14.9 Å². The molecule has 2 aromatic heterocycles. The molecule has 0 atom stereocenters. The van der Waals surface area contributed by atoms with Crippen LogP contribution in [0.1, 0.15) is 0 Å². The Morgan fingerprint density at radius 2 is 1.92 bits per heavy atom. The number of nitrogens with one attached hydrogen (secondary N) is 1. The van der Waals surface area contributed by atoms with Gasteiger partial charge in [0.2, 0.25) is 0 Å². The Bertz CT molecular complexity index is 353. The van der Waals surface area contributed by atoms with Crippen molar-refractivity contribution in [2.45, 2.75) is 0 Å². The predicted octanol–water partition coefficient (Wildman–Crippen LogP) is 4.05. The van der Waals surface area contributed by atoms with Crippen molar-refractivity contribution in [3.8, 4) is 10.6 Å². The lowest BCUT2D eigenvalue weighted by atomic mass is 10.3. The van der Waals surface area contributed by atoms with Gasteiger partial charge in [-0.1, -0.05) is 23.2 Å². The molecule has 2 heterocycles. The summed E-state index contributed by atoms with van der Waals surface area (Å²) in [4.78, 5) is 4.13. The topological polar surface area (TPSA) is 15.8 Å². The molecule has 12 heavy (non-hydrogen) atoms. The second-order valence-electron chi connectivity index (χ2n) is 2.32. The third kappa shape index (κ3) is 1.51. The molecule has 4 heteroatoms. The van der Waals surface area contributed by atoms with Crippen molar-refractivity contribution in [1.82, 2.24) is 4.98 Å². The summed E-state index contributed by atoms with van der Waals surface area (Å²) >= 11 is 13.1. The van der Waals surface area contributed by atoms with Gasteiger partial charge in [-0.3, -0.25) is 0 Å². The molecule has 0 saturated heterocycles. The fourth-order valence-electron chi connectivity index (χ4n) is 0.971. The molecular weight excluding hydrogens is 213 g/mol. The summed E-state index contributed by atoms with van der Waals surface area (Å²) in [7, 11) is 0. The maximum Gasteiger partial charge on any atom is 0.106 e. The average Bonchev–Trinajstić information content (AvgIpc) is 2.58. The van der Waals surface area contributed by atoms with Crippen LogP contribution in [0.25, 0.3) is 10.6 Å². The molecule has 0 spiro atoms. The third-order valence-electron chi connectivity index (χ3n) is 1.49. The number of aromatic nitrogens is 1. The highest BCUT2D eigenvalue weighted by atomic mass is 35.5. The van der Waals surface area contributed by atoms with Crippen molar-refractivity contribution in [1.29, 1.82) is 0 Å². The Labute approximate surface area is 83.9 Å². The van der Waals surface area contributed by atoms with E-state index in [2.05, 4.69) is 4.98 Å². The molecule has 0 radical (unpaired) electrons. The van der Waals surface area contributed by atoms with Crippen LogP contribution in [0.3, 0.4) is 0 Å². The average molecular weight is 218 g/mol. The molecule has 0 fully saturated rings. The van der Waals surface area contributed by atoms with Crippen LogP contribution in [0.2, 0.25) is 9.49 Å². The summed E-state index contributed by atoms with van der Waals surface area (Å²) in [5.74, 6) is 0. The normalized spacial score (nSPS) is 10.5. The molecule has 1 nitrogen and oxygen atoms in total. The van der Waals surface area contributed by atoms with Gasteiger partial charge in [0, 0.05) is 0 Å². The Kier molecular flexibility index (Phi) is 2.13. The van der Waals surface area contributed by atoms with E-state index in [4.69, 9.17) is 23.2 Å². The standard InChI is InChI=1S/C8H5Cl2NS/c9-7-3-1-5(11-7)6-2-4-8(10)12-6/h1-4,11H. The summed E-state index contributed by atoms with van der Waals surface area (Å²) in [6.45, 7) is 0. The largest absolute Gasteiger partial charge is 0.345 e. The zero-order valence-corrected chi connectivity index (χ0v) is 8.30. The van der Waals surface area contributed by atoms with Gasteiger partial charge in [-0.25, -0.2) is 0 Å². The number of H-pyrrole nitrogens is 1. The predicted molar refractivity (Wildman–Crippen MR) is 54.1 cm³/mol. The lowest BCUT2D eigenvalue weighted by Crippen LogP contribution is -1.67. The summed E-state index contributed by atoms with van der Waals surface area (Å²) in [5.41, 5.74) is 1.01. The number of hydrogen-bond donors (Lipinski definition) is 1. The van der Waals surface area contributed by atoms with Gasteiger partial charge in [0.25, 0.3) is 0 Å². The summed E-state index contributed by atoms with van der Waals surface area (Å²) in [6, 6.07) is 7.60. The second kappa shape index (κ2) is 3.13. The van der Waals surface area contributed by atoms with Crippen molar-refractivity contribution in [2.75, 3.05) is 0 Å². The molecule has 1 N–H and O–H groups in total. The first kappa shape index (κ1) is 8.17. The van der Waals surface area contributed by atoms with E-state index in [-0.39, 0.29) is 0 Å². The van der Waals surface area contributed by atoms with Gasteiger partial charge in [-0.15, -0.1) is 11.3 Å². The molecule has 0 aliphatic rings. The third-order valence-corrected chi connectivity index (χ3v) is 2.97. The smallest absolute Gasteiger partial charge is 0.106 e. The number of halogens is 2. The van der Waals surface area contributed by atoms with Crippen molar-refractivity contribution in [3.05, 3.63) is 33.8 Å². The van der Waals surface area contributed by atoms with E-state index in [9.17, 15) is 0 Å². The highest BCUT2D eigenvalue weighted by molar-refractivity contribution is 7.19. The highest BCUT2D eigenvalue weighted by Gasteiger charge is 2.02. The Balaban J connectivity index is 2.43. The van der Waals surface area contributed by atoms with Gasteiger partial charge < -0.3 is 4.98 Å². The van der Waals surface area contributed by atoms with Gasteiger partial charge in [0.1, 0.15) is 5.15 Å². The molecule has 0 bridgehead atoms. The van der Waals surface area contributed by atoms with Crippen molar-refractivity contribution in [3.63, 3.8) is 0 Å². The van der Waals surface area contributed by atoms with E-state index >= 15 is 0 Å². The first-order chi connectivity index (χ1) is 5.75. The first-order valence-electron chi connectivity index (χ1n) is 3.36. The van der Waals surface area contributed by atoms with E-state index in [0.29, 0.717) is 5.15 Å². The zero-order valence-electron chi connectivity index (χ0n) is 5.97. The molecule has 2 rings (SSSR count). The Hall–Kier alpha value is -0.440. The molecule has 0 aliphatic carbocycles. The van der Waals surface area contributed by atoms with E-state index in [1.54, 1.807) is 0 Å². The van der Waals surface area contributed by atoms with E-state index in [0.717, 1.165) is 14.9 Å². The van der Waals surface area contributed by atoms with Crippen LogP contribution in [-0.4, -0.2) is 4.98 Å². The minimum absolute atomic E-state index is 0.648.